The molecule has 0 aliphatic heterocycles. The number of alkyl halides is 2. The number of nitriles is 1. The molecule has 0 spiro atoms. The maximum atomic E-state index is 12.7. The molecule has 0 unspecified atom stereocenters. The lowest BCUT2D eigenvalue weighted by Gasteiger charge is -2.02. The van der Waals surface area contributed by atoms with Crippen LogP contribution in [0.5, 0.6) is 0 Å². The van der Waals surface area contributed by atoms with Crippen molar-refractivity contribution in [2.75, 3.05) is 0 Å². The van der Waals surface area contributed by atoms with Gasteiger partial charge in [-0.1, -0.05) is 0 Å². The van der Waals surface area contributed by atoms with E-state index >= 15 is 0 Å². The minimum absolute atomic E-state index is 0.121. The third-order valence-electron chi connectivity index (χ3n) is 1.31. The van der Waals surface area contributed by atoms with Crippen molar-refractivity contribution in [2.24, 2.45) is 0 Å². The number of nitrogens with zero attached hydrogens (tertiary/aromatic N) is 2. The molecule has 0 radical (unpaired) electrons. The van der Waals surface area contributed by atoms with E-state index in [-0.39, 0.29) is 3.70 Å². The highest BCUT2D eigenvalue weighted by Crippen LogP contribution is 2.24. The van der Waals surface area contributed by atoms with E-state index in [4.69, 9.17) is 5.26 Å². The minimum Gasteiger partial charge on any atom is -0.212 e. The molecule has 0 saturated carbocycles. The SMILES string of the molecule is N#Cc1cc(C(F)F)c(I)nc1F. The Morgan fingerprint density at radius 2 is 2.15 bits per heavy atom. The average Bonchev–Trinajstić information content (AvgIpc) is 2.03. The smallest absolute Gasteiger partial charge is 0.212 e. The van der Waals surface area contributed by atoms with Gasteiger partial charge < -0.3 is 0 Å². The summed E-state index contributed by atoms with van der Waals surface area (Å²) in [5.74, 6) is -1.02. The van der Waals surface area contributed by atoms with Gasteiger partial charge in [-0.25, -0.2) is 13.8 Å². The topological polar surface area (TPSA) is 36.7 Å². The van der Waals surface area contributed by atoms with Crippen LogP contribution in [0.2, 0.25) is 0 Å². The number of halogens is 4. The number of pyridine rings is 1. The van der Waals surface area contributed by atoms with E-state index < -0.39 is 23.5 Å². The lowest BCUT2D eigenvalue weighted by atomic mass is 10.2. The van der Waals surface area contributed by atoms with Gasteiger partial charge in [0.1, 0.15) is 15.3 Å². The predicted octanol–water partition coefficient (Wildman–Crippen LogP) is 2.63. The molecule has 0 aliphatic carbocycles. The Kier molecular flexibility index (Phi) is 3.08. The highest BCUT2D eigenvalue weighted by atomic mass is 127. The first-order valence-corrected chi connectivity index (χ1v) is 4.18. The summed E-state index contributed by atoms with van der Waals surface area (Å²) in [5.41, 5.74) is -0.880. The molecule has 0 aliphatic rings. The van der Waals surface area contributed by atoms with Gasteiger partial charge in [0.2, 0.25) is 5.95 Å². The first-order valence-electron chi connectivity index (χ1n) is 3.10. The fourth-order valence-corrected chi connectivity index (χ4v) is 1.32. The summed E-state index contributed by atoms with van der Waals surface area (Å²) in [5, 5.41) is 8.34. The molecular formula is C7H2F3IN2. The highest BCUT2D eigenvalue weighted by Gasteiger charge is 2.16. The van der Waals surface area contributed by atoms with E-state index in [0.29, 0.717) is 0 Å². The van der Waals surface area contributed by atoms with E-state index in [9.17, 15) is 13.2 Å². The Hall–Kier alpha value is -0.840. The van der Waals surface area contributed by atoms with Crippen LogP contribution in [0.25, 0.3) is 0 Å². The standard InChI is InChI=1S/C7H2F3IN2/c8-5(9)4-1-3(2-12)6(10)13-7(4)11/h1,5H. The quantitative estimate of drug-likeness (QED) is 0.590. The zero-order chi connectivity index (χ0) is 10.0. The number of hydrogen-bond donors (Lipinski definition) is 0. The van der Waals surface area contributed by atoms with Crippen LogP contribution >= 0.6 is 22.6 Å². The molecule has 2 nitrogen and oxygen atoms in total. The third kappa shape index (κ3) is 2.09. The van der Waals surface area contributed by atoms with Crippen molar-refractivity contribution in [2.45, 2.75) is 6.43 Å². The van der Waals surface area contributed by atoms with Gasteiger partial charge >= 0.3 is 0 Å². The van der Waals surface area contributed by atoms with Gasteiger partial charge in [-0.3, -0.25) is 0 Å². The second-order valence-electron chi connectivity index (χ2n) is 2.12. The third-order valence-corrected chi connectivity index (χ3v) is 2.18. The van der Waals surface area contributed by atoms with Gasteiger partial charge in [-0.05, 0) is 28.7 Å². The summed E-state index contributed by atoms with van der Waals surface area (Å²) in [6.07, 6.45) is -2.74. The summed E-state index contributed by atoms with van der Waals surface area (Å²) >= 11 is 1.49. The molecule has 0 amide bonds. The molecule has 1 rings (SSSR count). The lowest BCUT2D eigenvalue weighted by molar-refractivity contribution is 0.149. The van der Waals surface area contributed by atoms with Gasteiger partial charge in [0.05, 0.1) is 5.56 Å². The summed E-state index contributed by atoms with van der Waals surface area (Å²) in [7, 11) is 0. The Balaban J connectivity index is 3.33. The fourth-order valence-electron chi connectivity index (χ4n) is 0.717. The number of hydrogen-bond acceptors (Lipinski definition) is 2. The van der Waals surface area contributed by atoms with Crippen molar-refractivity contribution >= 4 is 22.6 Å². The maximum absolute atomic E-state index is 12.7. The Morgan fingerprint density at radius 1 is 1.54 bits per heavy atom. The van der Waals surface area contributed by atoms with Crippen LogP contribution in [0.1, 0.15) is 17.6 Å². The summed E-state index contributed by atoms with van der Waals surface area (Å²) in [4.78, 5) is 3.18. The Labute approximate surface area is 85.5 Å². The van der Waals surface area contributed by atoms with Crippen LogP contribution < -0.4 is 0 Å². The van der Waals surface area contributed by atoms with Crippen molar-refractivity contribution in [1.82, 2.24) is 4.98 Å². The normalized spacial score (nSPS) is 10.2. The summed E-state index contributed by atoms with van der Waals surface area (Å²) < 4.78 is 37.0. The highest BCUT2D eigenvalue weighted by molar-refractivity contribution is 14.1. The van der Waals surface area contributed by atoms with Gasteiger partial charge in [0, 0.05) is 0 Å². The van der Waals surface area contributed by atoms with Crippen molar-refractivity contribution < 1.29 is 13.2 Å². The first-order chi connectivity index (χ1) is 6.06. The van der Waals surface area contributed by atoms with Gasteiger partial charge in [0.25, 0.3) is 6.43 Å². The molecule has 1 aromatic rings. The molecular weight excluding hydrogens is 296 g/mol. The summed E-state index contributed by atoms with van der Waals surface area (Å²) in [6.45, 7) is 0. The number of aromatic nitrogens is 1. The summed E-state index contributed by atoms with van der Waals surface area (Å²) in [6, 6.07) is 2.26. The van der Waals surface area contributed by atoms with Gasteiger partial charge in [-0.2, -0.15) is 9.65 Å². The van der Waals surface area contributed by atoms with Crippen LogP contribution in [0.4, 0.5) is 13.2 Å². The Bertz CT molecular complexity index is 373. The molecule has 0 N–H and O–H groups in total. The minimum atomic E-state index is -2.74. The predicted molar refractivity (Wildman–Crippen MR) is 46.6 cm³/mol. The van der Waals surface area contributed by atoms with Crippen molar-refractivity contribution in [3.63, 3.8) is 0 Å². The molecule has 0 atom stereocenters. The second-order valence-corrected chi connectivity index (χ2v) is 3.14. The first kappa shape index (κ1) is 10.2. The molecule has 6 heteroatoms. The molecule has 0 saturated heterocycles. The van der Waals surface area contributed by atoms with E-state index in [1.807, 2.05) is 0 Å². The molecule has 68 valence electrons. The Morgan fingerprint density at radius 3 is 2.62 bits per heavy atom. The van der Waals surface area contributed by atoms with Crippen LogP contribution in [-0.4, -0.2) is 4.98 Å². The molecule has 1 aromatic heterocycles. The van der Waals surface area contributed by atoms with Crippen molar-refractivity contribution in [3.8, 4) is 6.07 Å². The maximum Gasteiger partial charge on any atom is 0.266 e. The van der Waals surface area contributed by atoms with Crippen molar-refractivity contribution in [1.29, 1.82) is 5.26 Å². The molecule has 13 heavy (non-hydrogen) atoms. The van der Waals surface area contributed by atoms with Crippen molar-refractivity contribution in [3.05, 3.63) is 26.8 Å². The van der Waals surface area contributed by atoms with E-state index in [1.165, 1.54) is 28.7 Å². The molecule has 0 aromatic carbocycles. The monoisotopic (exact) mass is 298 g/mol. The van der Waals surface area contributed by atoms with Crippen LogP contribution in [0, 0.1) is 21.0 Å². The van der Waals surface area contributed by atoms with Crippen LogP contribution in [0.3, 0.4) is 0 Å². The van der Waals surface area contributed by atoms with E-state index in [0.717, 1.165) is 6.07 Å². The van der Waals surface area contributed by atoms with Gasteiger partial charge in [-0.15, -0.1) is 0 Å². The van der Waals surface area contributed by atoms with Crippen LogP contribution in [-0.2, 0) is 0 Å². The number of rotatable bonds is 1. The average molecular weight is 298 g/mol. The van der Waals surface area contributed by atoms with Gasteiger partial charge in [0.15, 0.2) is 0 Å². The zero-order valence-corrected chi connectivity index (χ0v) is 8.22. The van der Waals surface area contributed by atoms with Crippen LogP contribution in [0.15, 0.2) is 6.07 Å². The van der Waals surface area contributed by atoms with E-state index in [2.05, 4.69) is 4.98 Å². The molecule has 0 bridgehead atoms. The lowest BCUT2D eigenvalue weighted by Crippen LogP contribution is -1.99. The molecule has 1 heterocycles. The zero-order valence-electron chi connectivity index (χ0n) is 6.06. The molecule has 0 fully saturated rings. The largest absolute Gasteiger partial charge is 0.266 e. The van der Waals surface area contributed by atoms with E-state index in [1.54, 1.807) is 0 Å². The fraction of sp³-hybridized carbons (Fsp3) is 0.143. The second kappa shape index (κ2) is 3.91.